The van der Waals surface area contributed by atoms with Crippen LogP contribution in [0.3, 0.4) is 0 Å². The van der Waals surface area contributed by atoms with Crippen molar-refractivity contribution in [2.24, 2.45) is 11.8 Å². The lowest BCUT2D eigenvalue weighted by Gasteiger charge is -2.56. The summed E-state index contributed by atoms with van der Waals surface area (Å²) >= 11 is 1.43. The van der Waals surface area contributed by atoms with Crippen LogP contribution in [0, 0.1) is 17.7 Å². The summed E-state index contributed by atoms with van der Waals surface area (Å²) in [7, 11) is 0. The fourth-order valence-corrected chi connectivity index (χ4v) is 5.58. The van der Waals surface area contributed by atoms with E-state index in [0.717, 1.165) is 15.0 Å². The lowest BCUT2D eigenvalue weighted by atomic mass is 9.65. The number of piperidine rings is 3. The molecular formula is C19H22FNOS. The molecule has 0 aliphatic carbocycles. The van der Waals surface area contributed by atoms with Gasteiger partial charge in [-0.3, -0.25) is 9.69 Å². The van der Waals surface area contributed by atoms with Crippen molar-refractivity contribution in [3.8, 4) is 0 Å². The van der Waals surface area contributed by atoms with Crippen LogP contribution < -0.4 is 0 Å². The molecule has 5 rings (SSSR count). The Labute approximate surface area is 140 Å². The zero-order valence-corrected chi connectivity index (χ0v) is 14.5. The zero-order chi connectivity index (χ0) is 16.2. The predicted octanol–water partition coefficient (Wildman–Crippen LogP) is 4.73. The third kappa shape index (κ3) is 2.52. The molecular weight excluding hydrogens is 309 g/mol. The fourth-order valence-electron chi connectivity index (χ4n) is 4.55. The number of nitrogens with zero attached hydrogens (tertiary/aromatic N) is 1. The predicted molar refractivity (Wildman–Crippen MR) is 92.6 cm³/mol. The Morgan fingerprint density at radius 3 is 2.74 bits per heavy atom. The number of halogens is 1. The number of hydrogen-bond donors (Lipinski definition) is 0. The number of ketones is 1. The first-order chi connectivity index (χ1) is 10.9. The summed E-state index contributed by atoms with van der Waals surface area (Å²) in [4.78, 5) is 16.2. The van der Waals surface area contributed by atoms with Gasteiger partial charge in [-0.25, -0.2) is 4.39 Å². The van der Waals surface area contributed by atoms with Crippen LogP contribution in [0.25, 0.3) is 10.1 Å². The Kier molecular flexibility index (Phi) is 3.58. The largest absolute Gasteiger partial charge is 0.298 e. The summed E-state index contributed by atoms with van der Waals surface area (Å²) in [5, 5.41) is 0.966. The monoisotopic (exact) mass is 331 g/mol. The molecule has 0 spiro atoms. The van der Waals surface area contributed by atoms with E-state index in [2.05, 4.69) is 18.7 Å². The average molecular weight is 331 g/mol. The summed E-state index contributed by atoms with van der Waals surface area (Å²) in [5.74, 6) is 1.08. The maximum absolute atomic E-state index is 13.3. The average Bonchev–Trinajstić information content (AvgIpc) is 2.94. The Bertz CT molecular complexity index is 758. The highest BCUT2D eigenvalue weighted by Gasteiger charge is 2.47. The van der Waals surface area contributed by atoms with Crippen molar-refractivity contribution in [1.82, 2.24) is 4.90 Å². The molecule has 3 aliphatic rings. The highest BCUT2D eigenvalue weighted by molar-refractivity contribution is 7.20. The first kappa shape index (κ1) is 15.3. The second kappa shape index (κ2) is 5.38. The van der Waals surface area contributed by atoms with Gasteiger partial charge in [-0.05, 0) is 75.2 Å². The Balaban J connectivity index is 1.59. The van der Waals surface area contributed by atoms with Crippen LogP contribution in [-0.2, 0) is 0 Å². The van der Waals surface area contributed by atoms with Crippen LogP contribution in [0.4, 0.5) is 4.39 Å². The molecule has 1 atom stereocenters. The SMILES string of the molecule is CC1(C)[C@@H](CC(=O)c2cc3ccc(F)cc3s2)C2CCN1CC2. The van der Waals surface area contributed by atoms with Gasteiger partial charge in [-0.2, -0.15) is 0 Å². The van der Waals surface area contributed by atoms with E-state index < -0.39 is 0 Å². The number of thiophene rings is 1. The summed E-state index contributed by atoms with van der Waals surface area (Å²) in [6, 6.07) is 6.67. The molecule has 2 nitrogen and oxygen atoms in total. The first-order valence-corrected chi connectivity index (χ1v) is 9.24. The summed E-state index contributed by atoms with van der Waals surface area (Å²) in [6.45, 7) is 6.92. The molecule has 0 amide bonds. The number of carbonyl (C=O) groups is 1. The van der Waals surface area contributed by atoms with Crippen molar-refractivity contribution >= 4 is 27.2 Å². The molecule has 3 saturated heterocycles. The molecule has 3 aliphatic heterocycles. The van der Waals surface area contributed by atoms with Gasteiger partial charge in [0.25, 0.3) is 0 Å². The Morgan fingerprint density at radius 2 is 2.04 bits per heavy atom. The Hall–Kier alpha value is -1.26. The van der Waals surface area contributed by atoms with E-state index in [1.807, 2.05) is 6.07 Å². The highest BCUT2D eigenvalue weighted by atomic mass is 32.1. The van der Waals surface area contributed by atoms with E-state index >= 15 is 0 Å². The molecule has 0 N–H and O–H groups in total. The van der Waals surface area contributed by atoms with Crippen LogP contribution in [0.2, 0.25) is 0 Å². The van der Waals surface area contributed by atoms with E-state index in [4.69, 9.17) is 0 Å². The van der Waals surface area contributed by atoms with Crippen molar-refractivity contribution in [3.63, 3.8) is 0 Å². The van der Waals surface area contributed by atoms with Crippen molar-refractivity contribution in [2.75, 3.05) is 13.1 Å². The van der Waals surface area contributed by atoms with E-state index in [1.165, 1.54) is 49.4 Å². The van der Waals surface area contributed by atoms with E-state index in [-0.39, 0.29) is 17.1 Å². The van der Waals surface area contributed by atoms with Gasteiger partial charge in [0.05, 0.1) is 4.88 Å². The molecule has 0 radical (unpaired) electrons. The topological polar surface area (TPSA) is 20.3 Å². The standard InChI is InChI=1S/C19H22FNOS/c1-19(2)15(12-5-7-21(19)8-6-12)11-16(22)18-9-13-3-4-14(20)10-17(13)23-18/h3-4,9-10,12,15H,5-8,11H2,1-2H3/t15-/m0/s1. The van der Waals surface area contributed by atoms with Crippen LogP contribution in [0.1, 0.15) is 42.8 Å². The zero-order valence-electron chi connectivity index (χ0n) is 13.6. The summed E-state index contributed by atoms with van der Waals surface area (Å²) in [6.07, 6.45) is 3.06. The number of hydrogen-bond acceptors (Lipinski definition) is 3. The minimum absolute atomic E-state index is 0.111. The van der Waals surface area contributed by atoms with Gasteiger partial charge in [0.1, 0.15) is 5.82 Å². The minimum Gasteiger partial charge on any atom is -0.298 e. The van der Waals surface area contributed by atoms with E-state index in [0.29, 0.717) is 18.3 Å². The molecule has 2 bridgehead atoms. The van der Waals surface area contributed by atoms with Gasteiger partial charge in [0, 0.05) is 16.7 Å². The van der Waals surface area contributed by atoms with Gasteiger partial charge in [-0.15, -0.1) is 11.3 Å². The molecule has 0 saturated carbocycles. The van der Waals surface area contributed by atoms with E-state index in [1.54, 1.807) is 6.07 Å². The van der Waals surface area contributed by atoms with Crippen molar-refractivity contribution in [1.29, 1.82) is 0 Å². The maximum atomic E-state index is 13.3. The van der Waals surface area contributed by atoms with Crippen molar-refractivity contribution in [2.45, 2.75) is 38.6 Å². The van der Waals surface area contributed by atoms with Gasteiger partial charge in [0.15, 0.2) is 5.78 Å². The normalized spacial score (nSPS) is 29.1. The third-order valence-corrected chi connectivity index (χ3v) is 7.13. The van der Waals surface area contributed by atoms with Crippen LogP contribution in [0.15, 0.2) is 24.3 Å². The van der Waals surface area contributed by atoms with Crippen LogP contribution in [0.5, 0.6) is 0 Å². The second-order valence-corrected chi connectivity index (χ2v) is 8.59. The minimum atomic E-state index is -0.239. The van der Waals surface area contributed by atoms with Crippen molar-refractivity contribution in [3.05, 3.63) is 35.0 Å². The number of fused-ring (bicyclic) bond motifs is 4. The molecule has 23 heavy (non-hydrogen) atoms. The summed E-state index contributed by atoms with van der Waals surface area (Å²) < 4.78 is 14.2. The quantitative estimate of drug-likeness (QED) is 0.758. The number of Topliss-reactive ketones (excluding diaryl/α,β-unsaturated/α-hetero) is 1. The molecule has 3 fully saturated rings. The van der Waals surface area contributed by atoms with Gasteiger partial charge < -0.3 is 0 Å². The molecule has 2 aromatic rings. The maximum Gasteiger partial charge on any atom is 0.173 e. The molecule has 0 unspecified atom stereocenters. The smallest absolute Gasteiger partial charge is 0.173 e. The van der Waals surface area contributed by atoms with Crippen LogP contribution in [-0.4, -0.2) is 29.3 Å². The lowest BCUT2D eigenvalue weighted by Crippen LogP contribution is -2.61. The fraction of sp³-hybridized carbons (Fsp3) is 0.526. The molecule has 122 valence electrons. The Morgan fingerprint density at radius 1 is 1.30 bits per heavy atom. The third-order valence-electron chi connectivity index (χ3n) is 5.99. The molecule has 4 heterocycles. The highest BCUT2D eigenvalue weighted by Crippen LogP contribution is 2.46. The van der Waals surface area contributed by atoms with E-state index in [9.17, 15) is 9.18 Å². The number of rotatable bonds is 3. The van der Waals surface area contributed by atoms with Gasteiger partial charge in [0.2, 0.25) is 0 Å². The second-order valence-electron chi connectivity index (χ2n) is 7.50. The number of carbonyl (C=O) groups excluding carboxylic acids is 1. The molecule has 4 heteroatoms. The number of benzene rings is 1. The molecule has 1 aromatic carbocycles. The summed E-state index contributed by atoms with van der Waals surface area (Å²) in [5.41, 5.74) is 0.111. The lowest BCUT2D eigenvalue weighted by molar-refractivity contribution is -0.0643. The van der Waals surface area contributed by atoms with Gasteiger partial charge >= 0.3 is 0 Å². The first-order valence-electron chi connectivity index (χ1n) is 8.42. The van der Waals surface area contributed by atoms with Crippen molar-refractivity contribution < 1.29 is 9.18 Å². The van der Waals surface area contributed by atoms with Crippen LogP contribution >= 0.6 is 11.3 Å². The van der Waals surface area contributed by atoms with Gasteiger partial charge in [-0.1, -0.05) is 6.07 Å². The molecule has 1 aromatic heterocycles.